The Morgan fingerprint density at radius 3 is 1.87 bits per heavy atom. The number of ether oxygens (including phenoxy) is 2. The number of aliphatic hydroxyl groups excluding tert-OH is 5. The van der Waals surface area contributed by atoms with Crippen LogP contribution in [0.5, 0.6) is 0 Å². The summed E-state index contributed by atoms with van der Waals surface area (Å²) in [4.78, 5) is 33.5. The van der Waals surface area contributed by atoms with Gasteiger partial charge in [0.2, 0.25) is 0 Å². The maximum atomic E-state index is 12.5. The second kappa shape index (κ2) is 12.8. The van der Waals surface area contributed by atoms with Crippen LogP contribution < -0.4 is 0 Å². The Labute approximate surface area is 180 Å². The first kappa shape index (κ1) is 27.9. The van der Waals surface area contributed by atoms with Gasteiger partial charge in [0, 0.05) is 12.8 Å². The first-order chi connectivity index (χ1) is 14.4. The topological polar surface area (TPSA) is 200 Å². The molecule has 0 aromatic carbocycles. The number of esters is 2. The van der Waals surface area contributed by atoms with E-state index >= 15 is 0 Å². The number of carbonyl (C=O) groups excluding carboxylic acids is 2. The SMILES string of the molecule is CCCC(=O)OCC(CCP(=O)(O)OC1[C@@H](O)[C@H](O)C(O)[C@H](O)[C@@H]1O)OC(=O)CCC. The summed E-state index contributed by atoms with van der Waals surface area (Å²) in [5, 5.41) is 48.9. The van der Waals surface area contributed by atoms with Gasteiger partial charge >= 0.3 is 19.5 Å². The van der Waals surface area contributed by atoms with E-state index in [1.54, 1.807) is 13.8 Å². The van der Waals surface area contributed by atoms with Gasteiger partial charge in [0.05, 0.1) is 6.16 Å². The van der Waals surface area contributed by atoms with Crippen molar-refractivity contribution in [1.82, 2.24) is 0 Å². The maximum Gasteiger partial charge on any atom is 0.328 e. The molecular weight excluding hydrogens is 439 g/mol. The van der Waals surface area contributed by atoms with Gasteiger partial charge in [0.1, 0.15) is 49.3 Å². The van der Waals surface area contributed by atoms with Gasteiger partial charge in [-0.25, -0.2) is 0 Å². The van der Waals surface area contributed by atoms with E-state index in [0.29, 0.717) is 12.8 Å². The van der Waals surface area contributed by atoms with Crippen LogP contribution in [-0.2, 0) is 28.2 Å². The minimum absolute atomic E-state index is 0.102. The van der Waals surface area contributed by atoms with Crippen molar-refractivity contribution in [2.75, 3.05) is 12.8 Å². The van der Waals surface area contributed by atoms with Crippen LogP contribution in [0, 0.1) is 0 Å². The van der Waals surface area contributed by atoms with Crippen molar-refractivity contribution in [3.63, 3.8) is 0 Å². The molecule has 0 amide bonds. The molecule has 4 unspecified atom stereocenters. The number of carbonyl (C=O) groups is 2. The average Bonchev–Trinajstić information content (AvgIpc) is 2.70. The molecule has 0 heterocycles. The fraction of sp³-hybridized carbons (Fsp3) is 0.889. The molecule has 182 valence electrons. The van der Waals surface area contributed by atoms with Crippen LogP contribution in [0.3, 0.4) is 0 Å². The lowest BCUT2D eigenvalue weighted by molar-refractivity contribution is -0.218. The molecule has 1 rings (SSSR count). The highest BCUT2D eigenvalue weighted by molar-refractivity contribution is 7.52. The molecule has 0 aromatic rings. The Morgan fingerprint density at radius 1 is 0.871 bits per heavy atom. The van der Waals surface area contributed by atoms with Crippen molar-refractivity contribution in [2.45, 2.75) is 88.7 Å². The number of hydrogen-bond acceptors (Lipinski definition) is 11. The van der Waals surface area contributed by atoms with Crippen molar-refractivity contribution >= 4 is 19.5 Å². The monoisotopic (exact) mass is 472 g/mol. The Balaban J connectivity index is 2.76. The molecule has 0 aromatic heterocycles. The highest BCUT2D eigenvalue weighted by Crippen LogP contribution is 2.46. The van der Waals surface area contributed by atoms with E-state index in [1.807, 2.05) is 0 Å². The van der Waals surface area contributed by atoms with Gasteiger partial charge in [0.15, 0.2) is 0 Å². The van der Waals surface area contributed by atoms with Crippen molar-refractivity contribution in [3.05, 3.63) is 0 Å². The maximum absolute atomic E-state index is 12.5. The van der Waals surface area contributed by atoms with E-state index in [1.165, 1.54) is 0 Å². The average molecular weight is 472 g/mol. The van der Waals surface area contributed by atoms with E-state index in [0.717, 1.165) is 0 Å². The molecule has 1 fully saturated rings. The normalized spacial score (nSPS) is 31.5. The molecule has 0 radical (unpaired) electrons. The third-order valence-electron chi connectivity index (χ3n) is 4.73. The number of hydrogen-bond donors (Lipinski definition) is 6. The molecule has 6 N–H and O–H groups in total. The molecular formula is C18H33O12P. The zero-order valence-corrected chi connectivity index (χ0v) is 18.5. The smallest absolute Gasteiger partial charge is 0.328 e. The molecule has 0 aliphatic heterocycles. The summed E-state index contributed by atoms with van der Waals surface area (Å²) in [5.41, 5.74) is 0. The predicted molar refractivity (Wildman–Crippen MR) is 105 cm³/mol. The summed E-state index contributed by atoms with van der Waals surface area (Å²) in [6.07, 6.45) is -12.0. The van der Waals surface area contributed by atoms with Crippen LogP contribution in [0.15, 0.2) is 0 Å². The van der Waals surface area contributed by atoms with Crippen LogP contribution in [0.1, 0.15) is 46.0 Å². The van der Waals surface area contributed by atoms with Crippen LogP contribution in [0.25, 0.3) is 0 Å². The summed E-state index contributed by atoms with van der Waals surface area (Å²) < 4.78 is 27.5. The van der Waals surface area contributed by atoms with E-state index in [4.69, 9.17) is 14.0 Å². The van der Waals surface area contributed by atoms with Crippen LogP contribution in [0.4, 0.5) is 0 Å². The zero-order valence-electron chi connectivity index (χ0n) is 17.6. The predicted octanol–water partition coefficient (Wildman–Crippen LogP) is -1.18. The van der Waals surface area contributed by atoms with Crippen molar-refractivity contribution in [2.24, 2.45) is 0 Å². The lowest BCUT2D eigenvalue weighted by Gasteiger charge is -2.41. The summed E-state index contributed by atoms with van der Waals surface area (Å²) in [6, 6.07) is 0. The minimum Gasteiger partial charge on any atom is -0.462 e. The van der Waals surface area contributed by atoms with Crippen molar-refractivity contribution in [1.29, 1.82) is 0 Å². The van der Waals surface area contributed by atoms with Crippen LogP contribution in [-0.4, -0.2) is 97.9 Å². The Bertz CT molecular complexity index is 613. The van der Waals surface area contributed by atoms with Gasteiger partial charge in [-0.1, -0.05) is 13.8 Å². The summed E-state index contributed by atoms with van der Waals surface area (Å²) in [5.74, 6) is -1.09. The third-order valence-corrected chi connectivity index (χ3v) is 6.13. The molecule has 13 heteroatoms. The first-order valence-electron chi connectivity index (χ1n) is 10.2. The zero-order chi connectivity index (χ0) is 23.8. The first-order valence-corrected chi connectivity index (χ1v) is 11.9. The molecule has 0 bridgehead atoms. The van der Waals surface area contributed by atoms with E-state index in [2.05, 4.69) is 0 Å². The standard InChI is InChI=1S/C18H33O12P/c1-3-5-11(19)28-9-10(29-12(20)6-4-2)7-8-31(26,27)30-18-16(24)14(22)13(21)15(23)17(18)25/h10,13-18,21-25H,3-9H2,1-2H3,(H,26,27)/t10?,13?,14-,15+,16-,17-,18?/m0/s1. The van der Waals surface area contributed by atoms with E-state index in [9.17, 15) is 44.6 Å². The molecule has 12 nitrogen and oxygen atoms in total. The summed E-state index contributed by atoms with van der Waals surface area (Å²) in [7, 11) is -4.54. The molecule has 1 saturated carbocycles. The highest BCUT2D eigenvalue weighted by atomic mass is 31.2. The molecule has 0 saturated heterocycles. The van der Waals surface area contributed by atoms with E-state index < -0.39 is 68.4 Å². The number of aliphatic hydroxyl groups is 5. The largest absolute Gasteiger partial charge is 0.462 e. The molecule has 8 atom stereocenters. The Morgan fingerprint density at radius 2 is 1.35 bits per heavy atom. The molecule has 1 aliphatic carbocycles. The lowest BCUT2D eigenvalue weighted by Crippen LogP contribution is -2.64. The fourth-order valence-corrected chi connectivity index (χ4v) is 4.31. The van der Waals surface area contributed by atoms with Crippen LogP contribution in [0.2, 0.25) is 0 Å². The quantitative estimate of drug-likeness (QED) is 0.147. The van der Waals surface area contributed by atoms with Crippen LogP contribution >= 0.6 is 7.60 Å². The number of rotatable bonds is 12. The Kier molecular flexibility index (Phi) is 11.5. The van der Waals surface area contributed by atoms with Gasteiger partial charge in [-0.2, -0.15) is 0 Å². The molecule has 0 spiro atoms. The minimum atomic E-state index is -4.54. The van der Waals surface area contributed by atoms with Gasteiger partial charge in [-0.15, -0.1) is 0 Å². The van der Waals surface area contributed by atoms with Gasteiger partial charge in [-0.05, 0) is 19.3 Å². The lowest BCUT2D eigenvalue weighted by atomic mass is 9.85. The second-order valence-electron chi connectivity index (χ2n) is 7.47. The van der Waals surface area contributed by atoms with Gasteiger partial charge < -0.3 is 39.9 Å². The van der Waals surface area contributed by atoms with Gasteiger partial charge in [-0.3, -0.25) is 18.7 Å². The molecule has 31 heavy (non-hydrogen) atoms. The fourth-order valence-electron chi connectivity index (χ4n) is 2.96. The van der Waals surface area contributed by atoms with E-state index in [-0.39, 0.29) is 25.9 Å². The van der Waals surface area contributed by atoms with Crippen molar-refractivity contribution < 1.29 is 58.6 Å². The van der Waals surface area contributed by atoms with Gasteiger partial charge in [0.25, 0.3) is 0 Å². The molecule has 1 aliphatic rings. The highest BCUT2D eigenvalue weighted by Gasteiger charge is 2.50. The van der Waals surface area contributed by atoms with Crippen molar-refractivity contribution in [3.8, 4) is 0 Å². The summed E-state index contributed by atoms with van der Waals surface area (Å²) in [6.45, 7) is 3.21. The Hall–Kier alpha value is -1.11. The summed E-state index contributed by atoms with van der Waals surface area (Å²) >= 11 is 0. The second-order valence-corrected chi connectivity index (χ2v) is 9.40. The third kappa shape index (κ3) is 8.74.